The van der Waals surface area contributed by atoms with E-state index in [1.165, 1.54) is 0 Å². The third-order valence-electron chi connectivity index (χ3n) is 2.31. The predicted molar refractivity (Wildman–Crippen MR) is 67.5 cm³/mol. The summed E-state index contributed by atoms with van der Waals surface area (Å²) >= 11 is 3.36. The summed E-state index contributed by atoms with van der Waals surface area (Å²) in [5.41, 5.74) is 1.09. The van der Waals surface area contributed by atoms with Crippen LogP contribution in [0.3, 0.4) is 0 Å². The van der Waals surface area contributed by atoms with Gasteiger partial charge in [-0.25, -0.2) is 4.98 Å². The molecule has 1 rings (SSSR count). The summed E-state index contributed by atoms with van der Waals surface area (Å²) in [5.74, 6) is 0. The molecule has 0 aromatic carbocycles. The summed E-state index contributed by atoms with van der Waals surface area (Å²) in [6.45, 7) is 5.10. The number of thioether (sulfide) groups is 1. The summed E-state index contributed by atoms with van der Waals surface area (Å²) in [4.78, 5) is 4.38. The van der Waals surface area contributed by atoms with Gasteiger partial charge in [-0.15, -0.1) is 11.3 Å². The van der Waals surface area contributed by atoms with Crippen LogP contribution in [0.4, 0.5) is 0 Å². The van der Waals surface area contributed by atoms with Gasteiger partial charge in [0.15, 0.2) is 0 Å². The minimum absolute atomic E-state index is 0.214. The average molecular weight is 246 g/mol. The molecular weight excluding hydrogens is 228 g/mol. The molecule has 0 fully saturated rings. The lowest BCUT2D eigenvalue weighted by Crippen LogP contribution is -2.37. The second-order valence-corrected chi connectivity index (χ2v) is 5.62. The van der Waals surface area contributed by atoms with Gasteiger partial charge in [-0.1, -0.05) is 0 Å². The summed E-state index contributed by atoms with van der Waals surface area (Å²) in [6.07, 6.45) is 2.02. The number of hydrogen-bond donors (Lipinski definition) is 2. The van der Waals surface area contributed by atoms with Gasteiger partial charge in [0, 0.05) is 23.2 Å². The Hall–Kier alpha value is -0.100. The Balaban J connectivity index is 2.36. The second-order valence-electron chi connectivity index (χ2n) is 3.48. The highest BCUT2D eigenvalue weighted by molar-refractivity contribution is 7.99. The van der Waals surface area contributed by atoms with E-state index in [0.717, 1.165) is 17.2 Å². The molecule has 86 valence electrons. The Bertz CT molecular complexity index is 287. The lowest BCUT2D eigenvalue weighted by molar-refractivity contribution is 0.275. The van der Waals surface area contributed by atoms with Crippen molar-refractivity contribution in [3.63, 3.8) is 0 Å². The van der Waals surface area contributed by atoms with Crippen molar-refractivity contribution in [2.45, 2.75) is 31.7 Å². The Morgan fingerprint density at radius 1 is 1.67 bits per heavy atom. The van der Waals surface area contributed by atoms with Crippen molar-refractivity contribution in [3.05, 3.63) is 16.1 Å². The second kappa shape index (κ2) is 6.48. The number of thiazole rings is 1. The first-order valence-electron chi connectivity index (χ1n) is 4.95. The molecule has 2 unspecified atom stereocenters. The van der Waals surface area contributed by atoms with E-state index >= 15 is 0 Å². The van der Waals surface area contributed by atoms with E-state index in [1.54, 1.807) is 23.1 Å². The summed E-state index contributed by atoms with van der Waals surface area (Å²) in [6, 6.07) is 0.298. The quantitative estimate of drug-likeness (QED) is 0.801. The lowest BCUT2D eigenvalue weighted by Gasteiger charge is -2.20. The van der Waals surface area contributed by atoms with Gasteiger partial charge in [-0.3, -0.25) is 0 Å². The van der Waals surface area contributed by atoms with Crippen LogP contribution in [0.25, 0.3) is 0 Å². The van der Waals surface area contributed by atoms with Crippen LogP contribution < -0.4 is 5.32 Å². The van der Waals surface area contributed by atoms with Crippen LogP contribution in [0, 0.1) is 6.92 Å². The Kier molecular flexibility index (Phi) is 5.60. The van der Waals surface area contributed by atoms with E-state index < -0.39 is 0 Å². The van der Waals surface area contributed by atoms with E-state index in [9.17, 15) is 0 Å². The monoisotopic (exact) mass is 246 g/mol. The zero-order valence-electron chi connectivity index (χ0n) is 9.36. The van der Waals surface area contributed by atoms with Crippen molar-refractivity contribution in [2.75, 3.05) is 12.9 Å². The van der Waals surface area contributed by atoms with Crippen LogP contribution in [0.2, 0.25) is 0 Å². The van der Waals surface area contributed by atoms with Crippen molar-refractivity contribution >= 4 is 23.1 Å². The first-order chi connectivity index (χ1) is 7.17. The smallest absolute Gasteiger partial charge is 0.0897 e. The first kappa shape index (κ1) is 13.0. The number of aryl methyl sites for hydroxylation is 1. The fourth-order valence-electron chi connectivity index (χ4n) is 1.32. The molecule has 15 heavy (non-hydrogen) atoms. The van der Waals surface area contributed by atoms with Crippen LogP contribution in [0.15, 0.2) is 5.38 Å². The van der Waals surface area contributed by atoms with Gasteiger partial charge in [-0.05, 0) is 20.1 Å². The van der Waals surface area contributed by atoms with Gasteiger partial charge < -0.3 is 10.4 Å². The summed E-state index contributed by atoms with van der Waals surface area (Å²) < 4.78 is 0. The SMILES string of the molecule is CSC(CO)C(C)NCc1csc(C)n1. The van der Waals surface area contributed by atoms with E-state index in [1.807, 2.05) is 13.2 Å². The molecule has 1 aromatic heterocycles. The fraction of sp³-hybridized carbons (Fsp3) is 0.700. The topological polar surface area (TPSA) is 45.1 Å². The molecule has 2 N–H and O–H groups in total. The largest absolute Gasteiger partial charge is 0.395 e. The number of nitrogens with zero attached hydrogens (tertiary/aromatic N) is 1. The summed E-state index contributed by atoms with van der Waals surface area (Å²) in [5, 5.41) is 15.9. The zero-order chi connectivity index (χ0) is 11.3. The van der Waals surface area contributed by atoms with Crippen LogP contribution in [-0.4, -0.2) is 34.2 Å². The fourth-order valence-corrected chi connectivity index (χ4v) is 2.59. The number of nitrogens with one attached hydrogen (secondary N) is 1. The molecule has 0 saturated heterocycles. The molecule has 0 aliphatic carbocycles. The average Bonchev–Trinajstić information content (AvgIpc) is 2.63. The molecule has 2 atom stereocenters. The number of hydrogen-bond acceptors (Lipinski definition) is 5. The van der Waals surface area contributed by atoms with Gasteiger partial charge >= 0.3 is 0 Å². The molecule has 3 nitrogen and oxygen atoms in total. The minimum atomic E-state index is 0.214. The Morgan fingerprint density at radius 2 is 2.40 bits per heavy atom. The van der Waals surface area contributed by atoms with Crippen LogP contribution in [0.1, 0.15) is 17.6 Å². The van der Waals surface area contributed by atoms with Crippen LogP contribution in [-0.2, 0) is 6.54 Å². The molecule has 0 aliphatic rings. The maximum Gasteiger partial charge on any atom is 0.0897 e. The number of aromatic nitrogens is 1. The van der Waals surface area contributed by atoms with Crippen molar-refractivity contribution in [2.24, 2.45) is 0 Å². The van der Waals surface area contributed by atoms with E-state index in [-0.39, 0.29) is 11.9 Å². The maximum absolute atomic E-state index is 9.12. The van der Waals surface area contributed by atoms with Gasteiger partial charge in [-0.2, -0.15) is 11.8 Å². The van der Waals surface area contributed by atoms with Crippen LogP contribution in [0.5, 0.6) is 0 Å². The van der Waals surface area contributed by atoms with Gasteiger partial charge in [0.2, 0.25) is 0 Å². The Morgan fingerprint density at radius 3 is 2.87 bits per heavy atom. The standard InChI is InChI=1S/C10H18N2OS2/c1-7(10(5-13)14-3)11-4-9-6-15-8(2)12-9/h6-7,10-11,13H,4-5H2,1-3H3. The van der Waals surface area contributed by atoms with Gasteiger partial charge in [0.1, 0.15) is 0 Å². The summed E-state index contributed by atoms with van der Waals surface area (Å²) in [7, 11) is 0. The van der Waals surface area contributed by atoms with Crippen molar-refractivity contribution < 1.29 is 5.11 Å². The highest BCUT2D eigenvalue weighted by Gasteiger charge is 2.14. The number of aliphatic hydroxyl groups excluding tert-OH is 1. The van der Waals surface area contributed by atoms with Gasteiger partial charge in [0.05, 0.1) is 17.3 Å². The van der Waals surface area contributed by atoms with Crippen LogP contribution >= 0.6 is 23.1 Å². The number of aliphatic hydroxyl groups is 1. The molecule has 0 saturated carbocycles. The van der Waals surface area contributed by atoms with E-state index in [4.69, 9.17) is 5.11 Å². The van der Waals surface area contributed by atoms with E-state index in [0.29, 0.717) is 6.04 Å². The lowest BCUT2D eigenvalue weighted by atomic mass is 10.2. The number of rotatable bonds is 6. The third kappa shape index (κ3) is 4.10. The molecule has 5 heteroatoms. The van der Waals surface area contributed by atoms with Gasteiger partial charge in [0.25, 0.3) is 0 Å². The molecule has 1 heterocycles. The molecule has 0 amide bonds. The Labute approximate surface area is 99.3 Å². The van der Waals surface area contributed by atoms with E-state index in [2.05, 4.69) is 22.6 Å². The molecule has 1 aromatic rings. The predicted octanol–water partition coefficient (Wildman–Crippen LogP) is 1.65. The minimum Gasteiger partial charge on any atom is -0.395 e. The first-order valence-corrected chi connectivity index (χ1v) is 7.12. The molecule has 0 radical (unpaired) electrons. The zero-order valence-corrected chi connectivity index (χ0v) is 11.0. The van der Waals surface area contributed by atoms with Crippen molar-refractivity contribution in [1.29, 1.82) is 0 Å². The molecule has 0 bridgehead atoms. The molecule has 0 aliphatic heterocycles. The highest BCUT2D eigenvalue weighted by atomic mass is 32.2. The normalized spacial score (nSPS) is 15.2. The molecular formula is C10H18N2OS2. The van der Waals surface area contributed by atoms with Crippen molar-refractivity contribution in [1.82, 2.24) is 10.3 Å². The molecule has 0 spiro atoms. The van der Waals surface area contributed by atoms with Crippen molar-refractivity contribution in [3.8, 4) is 0 Å². The maximum atomic E-state index is 9.12. The highest BCUT2D eigenvalue weighted by Crippen LogP contribution is 2.12. The third-order valence-corrected chi connectivity index (χ3v) is 4.30.